The van der Waals surface area contributed by atoms with Crippen molar-refractivity contribution >= 4 is 46.8 Å². The highest BCUT2D eigenvalue weighted by atomic mass is 35.5. The Hall–Kier alpha value is -3.28. The first-order chi connectivity index (χ1) is 15.9. The number of nitriles is 1. The number of ether oxygens (including phenoxy) is 1. The first-order valence-corrected chi connectivity index (χ1v) is 11.5. The molecule has 2 unspecified atom stereocenters. The molecule has 2 aromatic rings. The van der Waals surface area contributed by atoms with Crippen molar-refractivity contribution in [1.29, 1.82) is 5.26 Å². The molecule has 1 aliphatic heterocycles. The molecule has 33 heavy (non-hydrogen) atoms. The van der Waals surface area contributed by atoms with Crippen LogP contribution in [0.3, 0.4) is 0 Å². The Morgan fingerprint density at radius 1 is 1.21 bits per heavy atom. The van der Waals surface area contributed by atoms with E-state index in [1.165, 1.54) is 7.11 Å². The van der Waals surface area contributed by atoms with Crippen molar-refractivity contribution in [2.75, 3.05) is 18.2 Å². The molecule has 170 valence electrons. The number of thioether (sulfide) groups is 1. The number of aryl methyl sites for hydroxylation is 1. The summed E-state index contributed by atoms with van der Waals surface area (Å²) in [6, 6.07) is 16.3. The third kappa shape index (κ3) is 5.56. The summed E-state index contributed by atoms with van der Waals surface area (Å²) in [6.45, 7) is 2.05. The predicted octanol–water partition coefficient (Wildman–Crippen LogP) is 4.01. The average molecular weight is 484 g/mol. The summed E-state index contributed by atoms with van der Waals surface area (Å²) >= 11 is 7.35. The van der Waals surface area contributed by atoms with Gasteiger partial charge in [0.1, 0.15) is 5.92 Å². The number of halogens is 1. The van der Waals surface area contributed by atoms with E-state index < -0.39 is 23.7 Å². The highest BCUT2D eigenvalue weighted by Gasteiger charge is 2.45. The Labute approximate surface area is 201 Å². The molecule has 0 spiro atoms. The number of nitrogens with zero attached hydrogens (tertiary/aromatic N) is 1. The third-order valence-corrected chi connectivity index (χ3v) is 6.58. The number of carbonyl (C=O) groups is 3. The molecule has 7 nitrogen and oxygen atoms in total. The minimum Gasteiger partial charge on any atom is -0.468 e. The second-order valence-corrected chi connectivity index (χ2v) is 8.62. The van der Waals surface area contributed by atoms with Crippen LogP contribution in [0.15, 0.2) is 59.1 Å². The Morgan fingerprint density at radius 2 is 1.91 bits per heavy atom. The van der Waals surface area contributed by atoms with E-state index in [0.29, 0.717) is 16.3 Å². The lowest BCUT2D eigenvalue weighted by Crippen LogP contribution is -2.44. The lowest BCUT2D eigenvalue weighted by atomic mass is 9.78. The quantitative estimate of drug-likeness (QED) is 0.455. The van der Waals surface area contributed by atoms with Crippen molar-refractivity contribution in [2.45, 2.75) is 19.3 Å². The molecule has 2 atom stereocenters. The standard InChI is InChI=1S/C24H22ClN3O4S/c1-3-14-8-10-15(11-9-14)27-19(29)13-33-23-17(12-26)20(16-6-4-5-7-18(16)25)21(22(30)28-23)24(31)32-2/h4-11,20-21H,3,13H2,1-2H3,(H,27,29)(H,28,30). The third-order valence-electron chi connectivity index (χ3n) is 5.22. The second-order valence-electron chi connectivity index (χ2n) is 7.23. The monoisotopic (exact) mass is 483 g/mol. The lowest BCUT2D eigenvalue weighted by molar-refractivity contribution is -0.150. The fourth-order valence-corrected chi connectivity index (χ4v) is 4.64. The molecular formula is C24H22ClN3O4S. The van der Waals surface area contributed by atoms with E-state index >= 15 is 0 Å². The number of esters is 1. The van der Waals surface area contributed by atoms with Gasteiger partial charge >= 0.3 is 5.97 Å². The first-order valence-electron chi connectivity index (χ1n) is 10.2. The summed E-state index contributed by atoms with van der Waals surface area (Å²) in [5.74, 6) is -3.95. The first kappa shape index (κ1) is 24.4. The number of allylic oxidation sites excluding steroid dienone is 1. The molecule has 0 aliphatic carbocycles. The van der Waals surface area contributed by atoms with Crippen LogP contribution in [0.5, 0.6) is 0 Å². The molecule has 0 radical (unpaired) electrons. The summed E-state index contributed by atoms with van der Waals surface area (Å²) in [5.41, 5.74) is 2.41. The van der Waals surface area contributed by atoms with Crippen LogP contribution < -0.4 is 10.6 Å². The molecule has 2 amide bonds. The van der Waals surface area contributed by atoms with Gasteiger partial charge < -0.3 is 15.4 Å². The zero-order chi connectivity index (χ0) is 24.0. The largest absolute Gasteiger partial charge is 0.468 e. The van der Waals surface area contributed by atoms with Gasteiger partial charge in [0.2, 0.25) is 11.8 Å². The Morgan fingerprint density at radius 3 is 2.52 bits per heavy atom. The average Bonchev–Trinajstić information content (AvgIpc) is 2.82. The van der Waals surface area contributed by atoms with Crippen LogP contribution in [0.4, 0.5) is 5.69 Å². The van der Waals surface area contributed by atoms with Crippen LogP contribution in [0, 0.1) is 17.2 Å². The van der Waals surface area contributed by atoms with E-state index in [1.54, 1.807) is 24.3 Å². The molecule has 0 bridgehead atoms. The summed E-state index contributed by atoms with van der Waals surface area (Å²) in [6.07, 6.45) is 0.897. The van der Waals surface area contributed by atoms with Crippen LogP contribution >= 0.6 is 23.4 Å². The molecule has 0 saturated carbocycles. The van der Waals surface area contributed by atoms with Gasteiger partial charge in [0.05, 0.1) is 29.5 Å². The van der Waals surface area contributed by atoms with Gasteiger partial charge in [0.25, 0.3) is 0 Å². The maximum Gasteiger partial charge on any atom is 0.319 e. The minimum atomic E-state index is -1.28. The molecule has 0 fully saturated rings. The van der Waals surface area contributed by atoms with Gasteiger partial charge in [-0.05, 0) is 35.7 Å². The van der Waals surface area contributed by atoms with Gasteiger partial charge in [-0.2, -0.15) is 5.26 Å². The summed E-state index contributed by atoms with van der Waals surface area (Å²) in [7, 11) is 1.18. The second kappa shape index (κ2) is 11.0. The summed E-state index contributed by atoms with van der Waals surface area (Å²) in [5, 5.41) is 15.8. The van der Waals surface area contributed by atoms with E-state index in [0.717, 1.165) is 23.7 Å². The van der Waals surface area contributed by atoms with Gasteiger partial charge in [-0.25, -0.2) is 0 Å². The smallest absolute Gasteiger partial charge is 0.319 e. The predicted molar refractivity (Wildman–Crippen MR) is 127 cm³/mol. The summed E-state index contributed by atoms with van der Waals surface area (Å²) < 4.78 is 4.82. The summed E-state index contributed by atoms with van der Waals surface area (Å²) in [4.78, 5) is 37.7. The normalized spacial score (nSPS) is 17.7. The zero-order valence-electron chi connectivity index (χ0n) is 18.1. The maximum atomic E-state index is 12.8. The van der Waals surface area contributed by atoms with Crippen molar-refractivity contribution in [2.24, 2.45) is 5.92 Å². The maximum absolute atomic E-state index is 12.8. The van der Waals surface area contributed by atoms with Crippen LogP contribution in [0.1, 0.15) is 24.0 Å². The number of benzene rings is 2. The number of hydrogen-bond acceptors (Lipinski definition) is 6. The van der Waals surface area contributed by atoms with Crippen LogP contribution in [-0.2, 0) is 25.5 Å². The number of nitrogens with one attached hydrogen (secondary N) is 2. The molecule has 0 saturated heterocycles. The van der Waals surface area contributed by atoms with E-state index in [9.17, 15) is 19.6 Å². The van der Waals surface area contributed by atoms with Gasteiger partial charge in [0.15, 0.2) is 0 Å². The number of methoxy groups -OCH3 is 1. The molecule has 1 heterocycles. The van der Waals surface area contributed by atoms with Gasteiger partial charge in [-0.3, -0.25) is 14.4 Å². The highest BCUT2D eigenvalue weighted by Crippen LogP contribution is 2.42. The topological polar surface area (TPSA) is 108 Å². The highest BCUT2D eigenvalue weighted by molar-refractivity contribution is 8.03. The SMILES string of the molecule is CCc1ccc(NC(=O)CSC2=C(C#N)C(c3ccccc3Cl)C(C(=O)OC)C(=O)N2)cc1. The van der Waals surface area contributed by atoms with Crippen LogP contribution in [0.2, 0.25) is 5.02 Å². The minimum absolute atomic E-state index is 0.0472. The molecular weight excluding hydrogens is 462 g/mol. The van der Waals surface area contributed by atoms with Gasteiger partial charge in [-0.15, -0.1) is 0 Å². The molecule has 2 N–H and O–H groups in total. The number of rotatable bonds is 7. The van der Waals surface area contributed by atoms with Crippen LogP contribution in [0.25, 0.3) is 0 Å². The fourth-order valence-electron chi connectivity index (χ4n) is 3.54. The number of hydrogen-bond donors (Lipinski definition) is 2. The molecule has 2 aromatic carbocycles. The number of anilines is 1. The lowest BCUT2D eigenvalue weighted by Gasteiger charge is -2.31. The van der Waals surface area contributed by atoms with E-state index in [4.69, 9.17) is 16.3 Å². The number of carbonyl (C=O) groups excluding carboxylic acids is 3. The zero-order valence-corrected chi connectivity index (χ0v) is 19.6. The van der Waals surface area contributed by atoms with Crippen molar-refractivity contribution in [3.63, 3.8) is 0 Å². The van der Waals surface area contributed by atoms with E-state index in [-0.39, 0.29) is 22.3 Å². The van der Waals surface area contributed by atoms with Crippen molar-refractivity contribution in [3.05, 3.63) is 75.3 Å². The van der Waals surface area contributed by atoms with Crippen molar-refractivity contribution in [3.8, 4) is 6.07 Å². The fraction of sp³-hybridized carbons (Fsp3) is 0.250. The molecule has 0 aromatic heterocycles. The van der Waals surface area contributed by atoms with Crippen molar-refractivity contribution < 1.29 is 19.1 Å². The van der Waals surface area contributed by atoms with Gasteiger partial charge in [0, 0.05) is 16.6 Å². The van der Waals surface area contributed by atoms with E-state index in [1.807, 2.05) is 31.2 Å². The van der Waals surface area contributed by atoms with Crippen molar-refractivity contribution in [1.82, 2.24) is 5.32 Å². The number of amides is 2. The Bertz CT molecular complexity index is 1140. The molecule has 3 rings (SSSR count). The van der Waals surface area contributed by atoms with Gasteiger partial charge in [-0.1, -0.05) is 60.6 Å². The van der Waals surface area contributed by atoms with Crippen LogP contribution in [-0.4, -0.2) is 30.6 Å². The molecule has 9 heteroatoms. The Balaban J connectivity index is 1.87. The molecule has 1 aliphatic rings. The Kier molecular flexibility index (Phi) is 8.15. The van der Waals surface area contributed by atoms with E-state index in [2.05, 4.69) is 16.7 Å².